The number of hydrogen-bond acceptors (Lipinski definition) is 8. The van der Waals surface area contributed by atoms with Gasteiger partial charge in [-0.3, -0.25) is 13.9 Å². The van der Waals surface area contributed by atoms with Crippen LogP contribution in [0.3, 0.4) is 0 Å². The molecule has 0 aromatic carbocycles. The van der Waals surface area contributed by atoms with E-state index in [9.17, 15) is 19.0 Å². The maximum atomic E-state index is 11.4. The fourth-order valence-electron chi connectivity index (χ4n) is 5.49. The molecule has 1 saturated carbocycles. The van der Waals surface area contributed by atoms with E-state index in [0.29, 0.717) is 63.0 Å². The number of fused-ring (bicyclic) bond motifs is 1. The highest BCUT2D eigenvalue weighted by atomic mass is 32.3. The van der Waals surface area contributed by atoms with E-state index in [2.05, 4.69) is 15.6 Å². The van der Waals surface area contributed by atoms with Crippen LogP contribution in [0, 0.1) is 12.8 Å². The summed E-state index contributed by atoms with van der Waals surface area (Å²) < 4.78 is 22.0. The van der Waals surface area contributed by atoms with Crippen LogP contribution in [0.15, 0.2) is 11.4 Å². The van der Waals surface area contributed by atoms with Crippen LogP contribution in [0.5, 0.6) is 0 Å². The molecule has 1 saturated heterocycles. The van der Waals surface area contributed by atoms with Crippen molar-refractivity contribution in [1.82, 2.24) is 14.8 Å². The maximum absolute atomic E-state index is 11.4. The average molecular weight is 492 g/mol. The van der Waals surface area contributed by atoms with Crippen molar-refractivity contribution in [2.24, 2.45) is 11.1 Å². The summed E-state index contributed by atoms with van der Waals surface area (Å²) in [4.78, 5) is 22.1. The Hall–Kier alpha value is -2.37. The van der Waals surface area contributed by atoms with Gasteiger partial charge in [-0.15, -0.1) is 0 Å². The minimum Gasteiger partial charge on any atom is -0.481 e. The minimum atomic E-state index is -2.47. The van der Waals surface area contributed by atoms with Crippen molar-refractivity contribution in [3.05, 3.63) is 17.5 Å². The Morgan fingerprint density at radius 2 is 1.97 bits per heavy atom. The van der Waals surface area contributed by atoms with E-state index in [1.54, 1.807) is 0 Å². The number of carboxylic acid groups (broad SMARTS) is 1. The van der Waals surface area contributed by atoms with Crippen molar-refractivity contribution < 1.29 is 23.8 Å². The van der Waals surface area contributed by atoms with Gasteiger partial charge in [0.05, 0.1) is 28.4 Å². The average Bonchev–Trinajstić information content (AvgIpc) is 3.36. The molecule has 1 aliphatic carbocycles. The molecule has 1 spiro atoms. The monoisotopic (exact) mass is 491 g/mol. The molecular weight excluding hydrogens is 458 g/mol. The molecule has 2 aliphatic heterocycles. The lowest BCUT2D eigenvalue weighted by atomic mass is 9.76. The molecule has 2 fully saturated rings. The van der Waals surface area contributed by atoms with E-state index >= 15 is 0 Å². The number of nitrogens with zero attached hydrogens (tertiary/aromatic N) is 4. The normalized spacial score (nSPS) is 23.6. The number of aryl methyl sites for hydroxylation is 2. The van der Waals surface area contributed by atoms with Gasteiger partial charge in [-0.25, -0.2) is 9.67 Å². The second kappa shape index (κ2) is 8.69. The third-order valence-corrected chi connectivity index (χ3v) is 9.35. The Bertz CT molecular complexity index is 1130. The van der Waals surface area contributed by atoms with Crippen LogP contribution < -0.4 is 5.32 Å². The van der Waals surface area contributed by atoms with Crippen LogP contribution in [-0.4, -0.2) is 63.8 Å². The lowest BCUT2D eigenvalue weighted by Gasteiger charge is -2.39. The molecule has 4 N–H and O–H groups in total. The first kappa shape index (κ1) is 23.4. The Morgan fingerprint density at radius 1 is 1.26 bits per heavy atom. The zero-order valence-corrected chi connectivity index (χ0v) is 20.5. The Morgan fingerprint density at radius 3 is 2.62 bits per heavy atom. The van der Waals surface area contributed by atoms with E-state index < -0.39 is 22.2 Å². The summed E-state index contributed by atoms with van der Waals surface area (Å²) in [5.41, 5.74) is 3.85. The smallest absolute Gasteiger partial charge is 0.306 e. The second-order valence-electron chi connectivity index (χ2n) is 9.88. The van der Waals surface area contributed by atoms with Gasteiger partial charge in [-0.2, -0.15) is 15.7 Å². The van der Waals surface area contributed by atoms with Gasteiger partial charge in [0.25, 0.3) is 0 Å². The highest BCUT2D eigenvalue weighted by Crippen LogP contribution is 2.46. The zero-order chi connectivity index (χ0) is 24.1. The summed E-state index contributed by atoms with van der Waals surface area (Å²) >= 11 is 0. The molecule has 0 amide bonds. The summed E-state index contributed by atoms with van der Waals surface area (Å²) in [6.07, 6.45) is 6.33. The molecule has 34 heavy (non-hydrogen) atoms. The highest BCUT2D eigenvalue weighted by Gasteiger charge is 2.44. The zero-order valence-electron chi connectivity index (χ0n) is 19.7. The lowest BCUT2D eigenvalue weighted by molar-refractivity contribution is -0.145. The summed E-state index contributed by atoms with van der Waals surface area (Å²) in [5.74, 6) is -0.240. The number of pyridine rings is 1. The number of hydrogen-bond donors (Lipinski definition) is 4. The Balaban J connectivity index is 1.46. The van der Waals surface area contributed by atoms with E-state index in [1.165, 1.54) is 0 Å². The summed E-state index contributed by atoms with van der Waals surface area (Å²) in [5, 5.41) is 23.1. The molecule has 0 atom stereocenters. The molecule has 0 unspecified atom stereocenters. The highest BCUT2D eigenvalue weighted by molar-refractivity contribution is 8.24. The number of aliphatic carboxylic acids is 1. The first-order chi connectivity index (χ1) is 16.2. The molecule has 11 heteroatoms. The molecule has 5 rings (SSSR count). The Labute approximate surface area is 200 Å². The summed E-state index contributed by atoms with van der Waals surface area (Å²) in [7, 11) is -2.47. The predicted molar refractivity (Wildman–Crippen MR) is 132 cm³/mol. The predicted octanol–water partition coefficient (Wildman–Crippen LogP) is 4.22. The number of nitrogens with one attached hydrogen (secondary N) is 1. The number of rotatable bonds is 5. The van der Waals surface area contributed by atoms with Crippen LogP contribution in [-0.2, 0) is 16.2 Å². The quantitative estimate of drug-likeness (QED) is 0.487. The van der Waals surface area contributed by atoms with E-state index in [1.807, 2.05) is 24.7 Å². The van der Waals surface area contributed by atoms with Gasteiger partial charge in [0.15, 0.2) is 5.65 Å². The van der Waals surface area contributed by atoms with Crippen molar-refractivity contribution in [3.8, 4) is 0 Å². The second-order valence-corrected chi connectivity index (χ2v) is 12.3. The first-order valence-electron chi connectivity index (χ1n) is 12.0. The van der Waals surface area contributed by atoms with Gasteiger partial charge < -0.3 is 15.3 Å². The number of oxime groups is 1. The van der Waals surface area contributed by atoms with E-state index in [4.69, 9.17) is 9.82 Å². The third-order valence-electron chi connectivity index (χ3n) is 7.57. The maximum Gasteiger partial charge on any atom is 0.306 e. The van der Waals surface area contributed by atoms with Crippen molar-refractivity contribution in [3.63, 3.8) is 0 Å². The fraction of sp³-hybridized carbons (Fsp3) is 0.652. The SMILES string of the molecule is CCn1nc(C)c2c(NC3CCS(O)(O)CC3)c(C3=NOC4(CCC(C(=O)O)CC4)C3)cnc21. The van der Waals surface area contributed by atoms with Crippen LogP contribution in [0.25, 0.3) is 11.0 Å². The lowest BCUT2D eigenvalue weighted by Crippen LogP contribution is -2.36. The van der Waals surface area contributed by atoms with Gasteiger partial charge >= 0.3 is 5.97 Å². The third kappa shape index (κ3) is 4.25. The van der Waals surface area contributed by atoms with Gasteiger partial charge in [-0.1, -0.05) is 5.16 Å². The molecule has 10 nitrogen and oxygen atoms in total. The minimum absolute atomic E-state index is 0.108. The largest absolute Gasteiger partial charge is 0.481 e. The number of anilines is 1. The van der Waals surface area contributed by atoms with Crippen molar-refractivity contribution >= 4 is 39.0 Å². The molecule has 186 valence electrons. The Kier molecular flexibility index (Phi) is 5.97. The van der Waals surface area contributed by atoms with E-state index in [0.717, 1.165) is 33.7 Å². The van der Waals surface area contributed by atoms with Crippen LogP contribution >= 0.6 is 10.6 Å². The van der Waals surface area contributed by atoms with Crippen LogP contribution in [0.1, 0.15) is 63.1 Å². The number of carboxylic acids is 1. The van der Waals surface area contributed by atoms with Gasteiger partial charge in [-0.05, 0) is 52.4 Å². The molecule has 2 aromatic rings. The number of aromatic nitrogens is 3. The van der Waals surface area contributed by atoms with E-state index in [-0.39, 0.29) is 12.0 Å². The molecular formula is C23H33N5O5S. The molecule has 3 aliphatic rings. The molecule has 2 aromatic heterocycles. The van der Waals surface area contributed by atoms with Crippen molar-refractivity contribution in [2.45, 2.75) is 77.0 Å². The van der Waals surface area contributed by atoms with Crippen molar-refractivity contribution in [2.75, 3.05) is 16.8 Å². The standard InChI is InChI=1S/C23H33N5O5S/c1-3-28-21-19(14(2)26-28)20(25-16-6-10-34(31,32)11-7-16)17(13-24-21)18-12-23(33-27-18)8-4-15(5-9-23)22(29)30/h13,15-16,31-32H,3-12H2,1-2H3,(H,24,25)(H,29,30). The van der Waals surface area contributed by atoms with Crippen LogP contribution in [0.2, 0.25) is 0 Å². The van der Waals surface area contributed by atoms with Gasteiger partial charge in [0.2, 0.25) is 0 Å². The van der Waals surface area contributed by atoms with Gasteiger partial charge in [0, 0.05) is 42.3 Å². The van der Waals surface area contributed by atoms with Crippen LogP contribution in [0.4, 0.5) is 5.69 Å². The van der Waals surface area contributed by atoms with Crippen molar-refractivity contribution in [1.29, 1.82) is 0 Å². The topological polar surface area (TPSA) is 142 Å². The molecule has 0 radical (unpaired) electrons. The molecule has 0 bridgehead atoms. The summed E-state index contributed by atoms with van der Waals surface area (Å²) in [6.45, 7) is 4.72. The number of carbonyl (C=O) groups is 1. The van der Waals surface area contributed by atoms with Gasteiger partial charge in [0.1, 0.15) is 5.60 Å². The molecule has 4 heterocycles. The first-order valence-corrected chi connectivity index (χ1v) is 13.9. The summed E-state index contributed by atoms with van der Waals surface area (Å²) in [6, 6.07) is 0.108. The fourth-order valence-corrected chi connectivity index (χ4v) is 7.02.